The summed E-state index contributed by atoms with van der Waals surface area (Å²) in [5, 5.41) is 6.28. The zero-order valence-corrected chi connectivity index (χ0v) is 17.4. The van der Waals surface area contributed by atoms with E-state index in [1.807, 2.05) is 48.5 Å². The van der Waals surface area contributed by atoms with E-state index in [4.69, 9.17) is 16.3 Å². The number of hydrazone groups is 1. The predicted molar refractivity (Wildman–Crippen MR) is 116 cm³/mol. The highest BCUT2D eigenvalue weighted by molar-refractivity contribution is 9.10. The Hall–Kier alpha value is -1.95. The molecule has 0 bridgehead atoms. The molecule has 1 atom stereocenters. The molecule has 3 aromatic rings. The zero-order valence-electron chi connectivity index (χ0n) is 14.2. The predicted octanol–water partition coefficient (Wildman–Crippen LogP) is 6.38. The molecular formula is C21H16BrClN2OS. The molecule has 6 heteroatoms. The van der Waals surface area contributed by atoms with E-state index in [9.17, 15) is 0 Å². The lowest BCUT2D eigenvalue weighted by atomic mass is 10.2. The Morgan fingerprint density at radius 2 is 1.81 bits per heavy atom. The highest BCUT2D eigenvalue weighted by Gasteiger charge is 2.22. The summed E-state index contributed by atoms with van der Waals surface area (Å²) in [5.74, 6) is 0.806. The second-order valence-electron chi connectivity index (χ2n) is 6.01. The summed E-state index contributed by atoms with van der Waals surface area (Å²) in [4.78, 5) is 0. The molecule has 4 rings (SSSR count). The van der Waals surface area contributed by atoms with Gasteiger partial charge in [0.15, 0.2) is 0 Å². The first-order valence-corrected chi connectivity index (χ1v) is 10.5. The highest BCUT2D eigenvalue weighted by Crippen LogP contribution is 2.37. The summed E-state index contributed by atoms with van der Waals surface area (Å²) in [5.41, 5.74) is 6.55. The SMILES string of the molecule is Clc1ccc(COc2ccc([C@H]3NN=C(c4ccccc4)S3)cc2Br)cc1. The molecule has 0 amide bonds. The van der Waals surface area contributed by atoms with Crippen LogP contribution in [0, 0.1) is 0 Å². The fourth-order valence-corrected chi connectivity index (χ4v) is 4.30. The second kappa shape index (κ2) is 8.38. The second-order valence-corrected chi connectivity index (χ2v) is 8.40. The molecule has 1 heterocycles. The van der Waals surface area contributed by atoms with Crippen LogP contribution in [-0.2, 0) is 6.61 Å². The van der Waals surface area contributed by atoms with E-state index in [0.29, 0.717) is 6.61 Å². The molecule has 0 aliphatic carbocycles. The van der Waals surface area contributed by atoms with Gasteiger partial charge in [-0.05, 0) is 51.3 Å². The summed E-state index contributed by atoms with van der Waals surface area (Å²) in [7, 11) is 0. The molecule has 0 radical (unpaired) electrons. The van der Waals surface area contributed by atoms with Crippen molar-refractivity contribution >= 4 is 44.3 Å². The lowest BCUT2D eigenvalue weighted by Crippen LogP contribution is -2.06. The van der Waals surface area contributed by atoms with Crippen LogP contribution < -0.4 is 10.2 Å². The van der Waals surface area contributed by atoms with Crippen molar-refractivity contribution < 1.29 is 4.74 Å². The number of benzene rings is 3. The van der Waals surface area contributed by atoms with Gasteiger partial charge in [-0.3, -0.25) is 5.43 Å². The van der Waals surface area contributed by atoms with Crippen molar-refractivity contribution in [2.24, 2.45) is 5.10 Å². The molecule has 1 aliphatic heterocycles. The first kappa shape index (κ1) is 18.4. The molecule has 0 unspecified atom stereocenters. The van der Waals surface area contributed by atoms with Crippen LogP contribution in [0.15, 0.2) is 82.4 Å². The molecule has 27 heavy (non-hydrogen) atoms. The number of ether oxygens (including phenoxy) is 1. The van der Waals surface area contributed by atoms with Crippen molar-refractivity contribution in [1.29, 1.82) is 0 Å². The number of rotatable bonds is 5. The van der Waals surface area contributed by atoms with E-state index >= 15 is 0 Å². The van der Waals surface area contributed by atoms with Crippen molar-refractivity contribution in [2.45, 2.75) is 12.0 Å². The number of halogens is 2. The fraction of sp³-hybridized carbons (Fsp3) is 0.0952. The third-order valence-electron chi connectivity index (χ3n) is 4.10. The standard InChI is InChI=1S/C21H16BrClN2OS/c22-18-12-16(21-25-24-20(27-21)15-4-2-1-3-5-15)8-11-19(18)26-13-14-6-9-17(23)10-7-14/h1-12,21,25H,13H2/t21-/m0/s1. The van der Waals surface area contributed by atoms with E-state index in [1.54, 1.807) is 11.8 Å². The fourth-order valence-electron chi connectivity index (χ4n) is 2.68. The minimum absolute atomic E-state index is 0.0850. The van der Waals surface area contributed by atoms with E-state index in [0.717, 1.165) is 37.0 Å². The number of hydrogen-bond donors (Lipinski definition) is 1. The van der Waals surface area contributed by atoms with Crippen LogP contribution in [0.1, 0.15) is 22.1 Å². The lowest BCUT2D eigenvalue weighted by Gasteiger charge is -2.13. The topological polar surface area (TPSA) is 33.6 Å². The summed E-state index contributed by atoms with van der Waals surface area (Å²) in [6.07, 6.45) is 0. The maximum atomic E-state index is 5.92. The van der Waals surface area contributed by atoms with Crippen LogP contribution in [0.5, 0.6) is 5.75 Å². The van der Waals surface area contributed by atoms with Gasteiger partial charge >= 0.3 is 0 Å². The third kappa shape index (κ3) is 4.49. The molecule has 1 aliphatic rings. The molecular weight excluding hydrogens is 444 g/mol. The molecule has 3 aromatic carbocycles. The van der Waals surface area contributed by atoms with Crippen LogP contribution in [0.25, 0.3) is 0 Å². The van der Waals surface area contributed by atoms with Crippen molar-refractivity contribution in [1.82, 2.24) is 5.43 Å². The Kier molecular flexibility index (Phi) is 5.72. The van der Waals surface area contributed by atoms with E-state index in [1.165, 1.54) is 0 Å². The van der Waals surface area contributed by atoms with Crippen LogP contribution >= 0.6 is 39.3 Å². The van der Waals surface area contributed by atoms with Gasteiger partial charge in [0, 0.05) is 10.6 Å². The van der Waals surface area contributed by atoms with Gasteiger partial charge in [-0.15, -0.1) is 0 Å². The Morgan fingerprint density at radius 3 is 2.56 bits per heavy atom. The Morgan fingerprint density at radius 1 is 1.04 bits per heavy atom. The van der Waals surface area contributed by atoms with Gasteiger partial charge in [0.2, 0.25) is 0 Å². The van der Waals surface area contributed by atoms with Crippen LogP contribution in [-0.4, -0.2) is 5.04 Å². The number of nitrogens with one attached hydrogen (secondary N) is 1. The molecule has 0 spiro atoms. The van der Waals surface area contributed by atoms with E-state index in [2.05, 4.69) is 50.7 Å². The Bertz CT molecular complexity index is 964. The molecule has 136 valence electrons. The average molecular weight is 460 g/mol. The van der Waals surface area contributed by atoms with Crippen LogP contribution in [0.2, 0.25) is 5.02 Å². The van der Waals surface area contributed by atoms with Crippen LogP contribution in [0.4, 0.5) is 0 Å². The molecule has 1 N–H and O–H groups in total. The van der Waals surface area contributed by atoms with Gasteiger partial charge < -0.3 is 4.74 Å². The largest absolute Gasteiger partial charge is 0.488 e. The van der Waals surface area contributed by atoms with Crippen molar-refractivity contribution in [3.63, 3.8) is 0 Å². The van der Waals surface area contributed by atoms with Crippen molar-refractivity contribution in [2.75, 3.05) is 0 Å². The minimum Gasteiger partial charge on any atom is -0.488 e. The number of hydrogen-bond acceptors (Lipinski definition) is 4. The van der Waals surface area contributed by atoms with E-state index in [-0.39, 0.29) is 5.37 Å². The third-order valence-corrected chi connectivity index (χ3v) is 6.14. The van der Waals surface area contributed by atoms with Gasteiger partial charge in [-0.1, -0.05) is 71.9 Å². The smallest absolute Gasteiger partial charge is 0.134 e. The highest BCUT2D eigenvalue weighted by atomic mass is 79.9. The molecule has 0 fully saturated rings. The minimum atomic E-state index is 0.0850. The average Bonchev–Trinajstić information content (AvgIpc) is 3.19. The summed E-state index contributed by atoms with van der Waals surface area (Å²) in [6, 6.07) is 24.0. The lowest BCUT2D eigenvalue weighted by molar-refractivity contribution is 0.304. The number of nitrogens with zero attached hydrogens (tertiary/aromatic N) is 1. The van der Waals surface area contributed by atoms with Gasteiger partial charge in [0.1, 0.15) is 22.8 Å². The van der Waals surface area contributed by atoms with Gasteiger partial charge in [0.25, 0.3) is 0 Å². The Labute approximate surface area is 175 Å². The summed E-state index contributed by atoms with van der Waals surface area (Å²) >= 11 is 11.2. The molecule has 0 aromatic heterocycles. The normalized spacial score (nSPS) is 15.9. The molecule has 0 saturated carbocycles. The van der Waals surface area contributed by atoms with Gasteiger partial charge in [-0.25, -0.2) is 0 Å². The monoisotopic (exact) mass is 458 g/mol. The Balaban J connectivity index is 1.41. The van der Waals surface area contributed by atoms with Gasteiger partial charge in [0.05, 0.1) is 4.47 Å². The van der Waals surface area contributed by atoms with Crippen LogP contribution in [0.3, 0.4) is 0 Å². The first-order valence-electron chi connectivity index (χ1n) is 8.41. The van der Waals surface area contributed by atoms with E-state index < -0.39 is 0 Å². The van der Waals surface area contributed by atoms with Crippen molar-refractivity contribution in [3.05, 3.63) is 99.0 Å². The number of thioether (sulfide) groups is 1. The summed E-state index contributed by atoms with van der Waals surface area (Å²) < 4.78 is 6.85. The van der Waals surface area contributed by atoms with Crippen molar-refractivity contribution in [3.8, 4) is 5.75 Å². The summed E-state index contributed by atoms with van der Waals surface area (Å²) in [6.45, 7) is 0.493. The maximum Gasteiger partial charge on any atom is 0.134 e. The molecule has 0 saturated heterocycles. The quantitative estimate of drug-likeness (QED) is 0.481. The molecule has 3 nitrogen and oxygen atoms in total. The van der Waals surface area contributed by atoms with Gasteiger partial charge in [-0.2, -0.15) is 5.10 Å². The maximum absolute atomic E-state index is 5.92. The zero-order chi connectivity index (χ0) is 18.6. The first-order chi connectivity index (χ1) is 13.2.